The summed E-state index contributed by atoms with van der Waals surface area (Å²) in [5, 5.41) is 3.32. The largest absolute Gasteiger partial charge is 0.382 e. The van der Waals surface area contributed by atoms with Crippen LogP contribution in [0.1, 0.15) is 12.8 Å². The maximum atomic E-state index is 5.98. The third kappa shape index (κ3) is 2.45. The first-order chi connectivity index (χ1) is 6.77. The second-order valence-electron chi connectivity index (χ2n) is 3.74. The van der Waals surface area contributed by atoms with E-state index in [0.717, 1.165) is 22.6 Å². The molecule has 0 saturated heterocycles. The molecule has 3 nitrogen and oxygen atoms in total. The molecule has 1 aromatic heterocycles. The predicted octanol–water partition coefficient (Wildman–Crippen LogP) is 1.99. The monoisotopic (exact) mass is 255 g/mol. The molecule has 0 amide bonds. The molecule has 1 unspecified atom stereocenters. The van der Waals surface area contributed by atoms with Gasteiger partial charge in [-0.3, -0.25) is 4.98 Å². The van der Waals surface area contributed by atoms with Crippen molar-refractivity contribution in [1.29, 1.82) is 0 Å². The Morgan fingerprint density at radius 2 is 2.43 bits per heavy atom. The van der Waals surface area contributed by atoms with Crippen molar-refractivity contribution in [3.05, 3.63) is 22.9 Å². The van der Waals surface area contributed by atoms with Crippen LogP contribution in [0.25, 0.3) is 0 Å². The van der Waals surface area contributed by atoms with E-state index in [4.69, 9.17) is 5.73 Å². The highest BCUT2D eigenvalue weighted by Crippen LogP contribution is 2.31. The van der Waals surface area contributed by atoms with E-state index in [2.05, 4.69) is 26.2 Å². The van der Waals surface area contributed by atoms with Crippen LogP contribution in [0.2, 0.25) is 0 Å². The van der Waals surface area contributed by atoms with Gasteiger partial charge in [0.1, 0.15) is 0 Å². The third-order valence-electron chi connectivity index (χ3n) is 2.53. The molecule has 0 spiro atoms. The molecule has 76 valence electrons. The summed E-state index contributed by atoms with van der Waals surface area (Å²) in [6, 6.07) is 2.24. The quantitative estimate of drug-likeness (QED) is 0.866. The van der Waals surface area contributed by atoms with Crippen molar-refractivity contribution in [2.24, 2.45) is 11.7 Å². The fraction of sp³-hybridized carbons (Fsp3) is 0.500. The Kier molecular flexibility index (Phi) is 3.03. The predicted molar refractivity (Wildman–Crippen MR) is 61.1 cm³/mol. The van der Waals surface area contributed by atoms with E-state index in [1.807, 2.05) is 6.07 Å². The lowest BCUT2D eigenvalue weighted by molar-refractivity contribution is 0.621. The van der Waals surface area contributed by atoms with Crippen LogP contribution < -0.4 is 11.1 Å². The third-order valence-corrected chi connectivity index (χ3v) is 3.16. The van der Waals surface area contributed by atoms with Gasteiger partial charge in [-0.25, -0.2) is 0 Å². The van der Waals surface area contributed by atoms with Gasteiger partial charge in [0.05, 0.1) is 10.2 Å². The van der Waals surface area contributed by atoms with Crippen molar-refractivity contribution in [3.63, 3.8) is 0 Å². The highest BCUT2D eigenvalue weighted by atomic mass is 79.9. The minimum atomic E-state index is 0.287. The fourth-order valence-electron chi connectivity index (χ4n) is 1.44. The Hall–Kier alpha value is -0.610. The van der Waals surface area contributed by atoms with Gasteiger partial charge >= 0.3 is 0 Å². The van der Waals surface area contributed by atoms with Gasteiger partial charge in [-0.2, -0.15) is 0 Å². The van der Waals surface area contributed by atoms with E-state index in [-0.39, 0.29) is 6.04 Å². The molecule has 1 heterocycles. The first-order valence-corrected chi connectivity index (χ1v) is 5.65. The smallest absolute Gasteiger partial charge is 0.0590 e. The average molecular weight is 256 g/mol. The second-order valence-corrected chi connectivity index (χ2v) is 4.59. The summed E-state index contributed by atoms with van der Waals surface area (Å²) in [5.41, 5.74) is 7.05. The number of nitrogens with two attached hydrogens (primary N) is 1. The van der Waals surface area contributed by atoms with E-state index in [0.29, 0.717) is 0 Å². The Labute approximate surface area is 92.2 Å². The lowest BCUT2D eigenvalue weighted by Crippen LogP contribution is -2.31. The fourth-order valence-corrected chi connectivity index (χ4v) is 1.83. The van der Waals surface area contributed by atoms with Crippen molar-refractivity contribution in [2.45, 2.75) is 18.9 Å². The number of pyridine rings is 1. The van der Waals surface area contributed by atoms with Crippen molar-refractivity contribution in [3.8, 4) is 0 Å². The Morgan fingerprint density at radius 3 is 3.07 bits per heavy atom. The summed E-state index contributed by atoms with van der Waals surface area (Å²) in [6.07, 6.45) is 6.14. The van der Waals surface area contributed by atoms with Crippen LogP contribution in [0.5, 0.6) is 0 Å². The molecular formula is C10H14BrN3. The summed E-state index contributed by atoms with van der Waals surface area (Å²) in [5.74, 6) is 0.739. The van der Waals surface area contributed by atoms with Crippen molar-refractivity contribution >= 4 is 21.6 Å². The number of hydrogen-bond donors (Lipinski definition) is 2. The molecular weight excluding hydrogens is 242 g/mol. The number of halogens is 1. The molecule has 14 heavy (non-hydrogen) atoms. The Morgan fingerprint density at radius 1 is 1.64 bits per heavy atom. The zero-order chi connectivity index (χ0) is 9.97. The summed E-state index contributed by atoms with van der Waals surface area (Å²) < 4.78 is 0.989. The van der Waals surface area contributed by atoms with Crippen molar-refractivity contribution < 1.29 is 0 Å². The van der Waals surface area contributed by atoms with Crippen LogP contribution in [0, 0.1) is 5.92 Å². The van der Waals surface area contributed by atoms with E-state index in [1.54, 1.807) is 12.4 Å². The molecule has 4 heteroatoms. The molecule has 0 aromatic carbocycles. The molecule has 0 aliphatic heterocycles. The molecule has 0 bridgehead atoms. The zero-order valence-electron chi connectivity index (χ0n) is 7.91. The number of rotatable bonds is 4. The number of aromatic nitrogens is 1. The normalized spacial score (nSPS) is 17.9. The SMILES string of the molecule is NC(CNc1ccncc1Br)C1CC1. The minimum absolute atomic E-state index is 0.287. The van der Waals surface area contributed by atoms with Crippen LogP contribution in [-0.4, -0.2) is 17.6 Å². The number of nitrogens with zero attached hydrogens (tertiary/aromatic N) is 1. The van der Waals surface area contributed by atoms with Crippen LogP contribution in [0.4, 0.5) is 5.69 Å². The molecule has 1 saturated carbocycles. The van der Waals surface area contributed by atoms with Gasteiger partial charge in [-0.15, -0.1) is 0 Å². The van der Waals surface area contributed by atoms with Gasteiger partial charge in [0.25, 0.3) is 0 Å². The molecule has 1 aliphatic rings. The van der Waals surface area contributed by atoms with Crippen LogP contribution >= 0.6 is 15.9 Å². The minimum Gasteiger partial charge on any atom is -0.382 e. The summed E-state index contributed by atoms with van der Waals surface area (Å²) >= 11 is 3.43. The molecule has 1 aliphatic carbocycles. The molecule has 2 rings (SSSR count). The molecule has 1 fully saturated rings. The topological polar surface area (TPSA) is 50.9 Å². The van der Waals surface area contributed by atoms with Crippen LogP contribution in [0.3, 0.4) is 0 Å². The standard InChI is InChI=1S/C10H14BrN3/c11-8-5-13-4-3-10(8)14-6-9(12)7-1-2-7/h3-5,7,9H,1-2,6,12H2,(H,13,14). The van der Waals surface area contributed by atoms with E-state index in [9.17, 15) is 0 Å². The van der Waals surface area contributed by atoms with Crippen LogP contribution in [-0.2, 0) is 0 Å². The average Bonchev–Trinajstić information content (AvgIpc) is 2.99. The second kappa shape index (κ2) is 4.28. The number of anilines is 1. The molecule has 1 atom stereocenters. The first kappa shape index (κ1) is 9.93. The Bertz CT molecular complexity index is 312. The molecule has 1 aromatic rings. The van der Waals surface area contributed by atoms with Crippen LogP contribution in [0.15, 0.2) is 22.9 Å². The van der Waals surface area contributed by atoms with E-state index >= 15 is 0 Å². The van der Waals surface area contributed by atoms with Gasteiger partial charge < -0.3 is 11.1 Å². The highest BCUT2D eigenvalue weighted by Gasteiger charge is 2.28. The molecule has 3 N–H and O–H groups in total. The highest BCUT2D eigenvalue weighted by molar-refractivity contribution is 9.10. The maximum absolute atomic E-state index is 5.98. The first-order valence-electron chi connectivity index (χ1n) is 4.86. The van der Waals surface area contributed by atoms with Gasteiger partial charge in [0.15, 0.2) is 0 Å². The Balaban J connectivity index is 1.87. The van der Waals surface area contributed by atoms with Gasteiger partial charge in [-0.1, -0.05) is 0 Å². The van der Waals surface area contributed by atoms with Gasteiger partial charge in [0.2, 0.25) is 0 Å². The lowest BCUT2D eigenvalue weighted by Gasteiger charge is -2.13. The van der Waals surface area contributed by atoms with E-state index in [1.165, 1.54) is 12.8 Å². The van der Waals surface area contributed by atoms with E-state index < -0.39 is 0 Å². The summed E-state index contributed by atoms with van der Waals surface area (Å²) in [6.45, 7) is 0.841. The molecule has 0 radical (unpaired) electrons. The number of nitrogens with one attached hydrogen (secondary N) is 1. The maximum Gasteiger partial charge on any atom is 0.0590 e. The van der Waals surface area contributed by atoms with Crippen molar-refractivity contribution in [1.82, 2.24) is 4.98 Å². The summed E-state index contributed by atoms with van der Waals surface area (Å²) in [7, 11) is 0. The lowest BCUT2D eigenvalue weighted by atomic mass is 10.2. The summed E-state index contributed by atoms with van der Waals surface area (Å²) in [4.78, 5) is 4.00. The number of hydrogen-bond acceptors (Lipinski definition) is 3. The van der Waals surface area contributed by atoms with Gasteiger partial charge in [0, 0.05) is 25.0 Å². The zero-order valence-corrected chi connectivity index (χ0v) is 9.50. The van der Waals surface area contributed by atoms with Crippen molar-refractivity contribution in [2.75, 3.05) is 11.9 Å². The van der Waals surface area contributed by atoms with Gasteiger partial charge in [-0.05, 0) is 40.8 Å².